The second-order valence-electron chi connectivity index (χ2n) is 5.84. The highest BCUT2D eigenvalue weighted by Gasteiger charge is 2.35. The van der Waals surface area contributed by atoms with Crippen LogP contribution in [0.4, 0.5) is 0 Å². The Bertz CT molecular complexity index is 360. The van der Waals surface area contributed by atoms with E-state index in [2.05, 4.69) is 16.3 Å². The number of hydrogen-bond donors (Lipinski definition) is 2. The van der Waals surface area contributed by atoms with Crippen LogP contribution in [0.3, 0.4) is 0 Å². The number of rotatable bonds is 5. The van der Waals surface area contributed by atoms with Crippen LogP contribution in [0.5, 0.6) is 0 Å². The molecule has 3 N–H and O–H groups in total. The van der Waals surface area contributed by atoms with Gasteiger partial charge in [0, 0.05) is 19.1 Å². The Balaban J connectivity index is 1.90. The highest BCUT2D eigenvalue weighted by atomic mass is 16.1. The van der Waals surface area contributed by atoms with E-state index in [0.29, 0.717) is 19.1 Å². The summed E-state index contributed by atoms with van der Waals surface area (Å²) in [5.41, 5.74) is 4.86. The fraction of sp³-hybridized carbons (Fsp3) is 0.846. The molecule has 2 fully saturated rings. The Labute approximate surface area is 108 Å². The number of likely N-dealkylation sites (tertiary alicyclic amines) is 1. The molecule has 0 aromatic carbocycles. The minimum atomic E-state index is -0.513. The van der Waals surface area contributed by atoms with E-state index in [-0.39, 0.29) is 11.8 Å². The molecule has 1 aliphatic carbocycles. The van der Waals surface area contributed by atoms with Crippen LogP contribution in [0, 0.1) is 17.2 Å². The molecule has 2 unspecified atom stereocenters. The lowest BCUT2D eigenvalue weighted by Gasteiger charge is -2.36. The maximum atomic E-state index is 11.2. The molecule has 100 valence electrons. The Morgan fingerprint density at radius 3 is 2.83 bits per heavy atom. The van der Waals surface area contributed by atoms with Crippen LogP contribution in [0.1, 0.15) is 32.6 Å². The van der Waals surface area contributed by atoms with Gasteiger partial charge in [-0.1, -0.05) is 0 Å². The fourth-order valence-electron chi connectivity index (χ4n) is 2.67. The largest absolute Gasteiger partial charge is 0.369 e. The van der Waals surface area contributed by atoms with Gasteiger partial charge in [0.15, 0.2) is 0 Å². The third kappa shape index (κ3) is 3.44. The summed E-state index contributed by atoms with van der Waals surface area (Å²) in [4.78, 5) is 13.4. The van der Waals surface area contributed by atoms with E-state index < -0.39 is 5.54 Å². The lowest BCUT2D eigenvalue weighted by atomic mass is 9.95. The van der Waals surface area contributed by atoms with E-state index in [1.165, 1.54) is 12.8 Å². The number of nitrogens with one attached hydrogen (secondary N) is 1. The lowest BCUT2D eigenvalue weighted by Crippen LogP contribution is -2.54. The molecule has 1 amide bonds. The van der Waals surface area contributed by atoms with E-state index >= 15 is 0 Å². The van der Waals surface area contributed by atoms with Crippen molar-refractivity contribution in [2.24, 2.45) is 11.7 Å². The zero-order valence-corrected chi connectivity index (χ0v) is 11.0. The van der Waals surface area contributed by atoms with E-state index in [0.717, 1.165) is 19.4 Å². The number of amides is 1. The normalized spacial score (nSPS) is 28.3. The zero-order valence-electron chi connectivity index (χ0n) is 11.0. The van der Waals surface area contributed by atoms with E-state index in [9.17, 15) is 10.1 Å². The van der Waals surface area contributed by atoms with Crippen molar-refractivity contribution in [3.63, 3.8) is 0 Å². The first-order valence-corrected chi connectivity index (χ1v) is 6.73. The summed E-state index contributed by atoms with van der Waals surface area (Å²) in [6.45, 7) is 4.26. The van der Waals surface area contributed by atoms with Gasteiger partial charge in [-0.15, -0.1) is 0 Å². The number of nitrogens with zero attached hydrogens (tertiary/aromatic N) is 2. The van der Waals surface area contributed by atoms with E-state index in [1.807, 2.05) is 6.92 Å². The molecule has 1 saturated heterocycles. The first-order valence-electron chi connectivity index (χ1n) is 6.73. The SMILES string of the molecule is CC(C#N)(CN1CCCC(C(N)=O)C1)NC1CC1. The zero-order chi connectivity index (χ0) is 13.2. The predicted octanol–water partition coefficient (Wildman–Crippen LogP) is 0.218. The Kier molecular flexibility index (Phi) is 3.88. The minimum Gasteiger partial charge on any atom is -0.369 e. The number of carbonyl (C=O) groups is 1. The average molecular weight is 250 g/mol. The van der Waals surface area contributed by atoms with Crippen molar-refractivity contribution in [1.29, 1.82) is 5.26 Å². The summed E-state index contributed by atoms with van der Waals surface area (Å²) >= 11 is 0. The van der Waals surface area contributed by atoms with Crippen molar-refractivity contribution in [3.8, 4) is 6.07 Å². The third-order valence-corrected chi connectivity index (χ3v) is 3.79. The van der Waals surface area contributed by atoms with Crippen LogP contribution >= 0.6 is 0 Å². The monoisotopic (exact) mass is 250 g/mol. The van der Waals surface area contributed by atoms with Crippen LogP contribution < -0.4 is 11.1 Å². The van der Waals surface area contributed by atoms with Gasteiger partial charge in [0.25, 0.3) is 0 Å². The molecule has 0 spiro atoms. The summed E-state index contributed by atoms with van der Waals surface area (Å²) in [5.74, 6) is -0.267. The highest BCUT2D eigenvalue weighted by Crippen LogP contribution is 2.24. The molecule has 0 aromatic heterocycles. The van der Waals surface area contributed by atoms with Gasteiger partial charge in [-0.25, -0.2) is 0 Å². The molecule has 5 heteroatoms. The molecule has 2 atom stereocenters. The fourth-order valence-corrected chi connectivity index (χ4v) is 2.67. The molecule has 1 aliphatic heterocycles. The predicted molar refractivity (Wildman–Crippen MR) is 68.5 cm³/mol. The second kappa shape index (κ2) is 5.25. The molecule has 2 aliphatic rings. The highest BCUT2D eigenvalue weighted by molar-refractivity contribution is 5.76. The maximum absolute atomic E-state index is 11.2. The Morgan fingerprint density at radius 1 is 1.56 bits per heavy atom. The van der Waals surface area contributed by atoms with Crippen molar-refractivity contribution in [2.45, 2.75) is 44.2 Å². The van der Waals surface area contributed by atoms with Crippen LogP contribution in [0.15, 0.2) is 0 Å². The molecule has 0 bridgehead atoms. The minimum absolute atomic E-state index is 0.0531. The van der Waals surface area contributed by atoms with E-state index in [4.69, 9.17) is 5.73 Å². The van der Waals surface area contributed by atoms with Crippen molar-refractivity contribution in [1.82, 2.24) is 10.2 Å². The summed E-state index contributed by atoms with van der Waals surface area (Å²) in [6, 6.07) is 2.88. The molecule has 1 saturated carbocycles. The number of primary amides is 1. The average Bonchev–Trinajstić information content (AvgIpc) is 3.13. The molecule has 18 heavy (non-hydrogen) atoms. The molecule has 1 heterocycles. The molecule has 5 nitrogen and oxygen atoms in total. The van der Waals surface area contributed by atoms with Crippen molar-refractivity contribution in [3.05, 3.63) is 0 Å². The van der Waals surface area contributed by atoms with Crippen molar-refractivity contribution in [2.75, 3.05) is 19.6 Å². The summed E-state index contributed by atoms with van der Waals surface area (Å²) < 4.78 is 0. The van der Waals surface area contributed by atoms with Crippen molar-refractivity contribution >= 4 is 5.91 Å². The molecule has 0 radical (unpaired) electrons. The third-order valence-electron chi connectivity index (χ3n) is 3.79. The van der Waals surface area contributed by atoms with Gasteiger partial charge in [0.05, 0.1) is 12.0 Å². The number of nitriles is 1. The van der Waals surface area contributed by atoms with Gasteiger partial charge in [0.2, 0.25) is 5.91 Å². The van der Waals surface area contributed by atoms with Crippen LogP contribution in [0.2, 0.25) is 0 Å². The van der Waals surface area contributed by atoms with Crippen LogP contribution in [-0.4, -0.2) is 42.0 Å². The number of carbonyl (C=O) groups excluding carboxylic acids is 1. The first kappa shape index (κ1) is 13.3. The van der Waals surface area contributed by atoms with Gasteiger partial charge in [0.1, 0.15) is 5.54 Å². The summed E-state index contributed by atoms with van der Waals surface area (Å²) in [7, 11) is 0. The lowest BCUT2D eigenvalue weighted by molar-refractivity contribution is -0.123. The van der Waals surface area contributed by atoms with Gasteiger partial charge in [-0.05, 0) is 39.2 Å². The van der Waals surface area contributed by atoms with Crippen LogP contribution in [0.25, 0.3) is 0 Å². The standard InChI is InChI=1S/C13H22N4O/c1-13(8-14,16-11-4-5-11)9-17-6-2-3-10(7-17)12(15)18/h10-11,16H,2-7,9H2,1H3,(H2,15,18). The number of nitrogens with two attached hydrogens (primary N) is 1. The molecular formula is C13H22N4O. The van der Waals surface area contributed by atoms with Gasteiger partial charge in [-0.2, -0.15) is 5.26 Å². The summed E-state index contributed by atoms with van der Waals surface area (Å²) in [6.07, 6.45) is 4.20. The number of piperidine rings is 1. The first-order chi connectivity index (χ1) is 8.52. The quantitative estimate of drug-likeness (QED) is 0.731. The topological polar surface area (TPSA) is 82.2 Å². The Morgan fingerprint density at radius 2 is 2.28 bits per heavy atom. The Hall–Kier alpha value is -1.12. The molecular weight excluding hydrogens is 228 g/mol. The van der Waals surface area contributed by atoms with Gasteiger partial charge in [-0.3, -0.25) is 15.0 Å². The second-order valence-corrected chi connectivity index (χ2v) is 5.84. The van der Waals surface area contributed by atoms with Gasteiger partial charge >= 0.3 is 0 Å². The molecule has 0 aromatic rings. The number of hydrogen-bond acceptors (Lipinski definition) is 4. The van der Waals surface area contributed by atoms with Crippen LogP contribution in [-0.2, 0) is 4.79 Å². The van der Waals surface area contributed by atoms with Gasteiger partial charge < -0.3 is 5.73 Å². The van der Waals surface area contributed by atoms with Crippen molar-refractivity contribution < 1.29 is 4.79 Å². The van der Waals surface area contributed by atoms with E-state index in [1.54, 1.807) is 0 Å². The smallest absolute Gasteiger partial charge is 0.221 e. The summed E-state index contributed by atoms with van der Waals surface area (Å²) in [5, 5.41) is 12.7. The maximum Gasteiger partial charge on any atom is 0.221 e. The molecule has 2 rings (SSSR count).